The zero-order valence-electron chi connectivity index (χ0n) is 29.4. The second kappa shape index (κ2) is 16.3. The molecule has 3 nitrogen and oxygen atoms in total. The van der Waals surface area contributed by atoms with E-state index in [4.69, 9.17) is 4.74 Å². The quantitative estimate of drug-likeness (QED) is 0.148. The molecule has 0 aliphatic heterocycles. The van der Waals surface area contributed by atoms with Crippen molar-refractivity contribution in [2.75, 3.05) is 7.05 Å². The van der Waals surface area contributed by atoms with Crippen molar-refractivity contribution in [1.82, 2.24) is 4.31 Å². The molecule has 0 bridgehead atoms. The van der Waals surface area contributed by atoms with E-state index in [1.165, 1.54) is 97.3 Å². The lowest BCUT2D eigenvalue weighted by atomic mass is 9.96. The highest BCUT2D eigenvalue weighted by atomic mass is 32.2. The van der Waals surface area contributed by atoms with E-state index in [-0.39, 0.29) is 6.04 Å². The Hall–Kier alpha value is -2.78. The molecule has 0 N–H and O–H groups in total. The van der Waals surface area contributed by atoms with Gasteiger partial charge in [-0.3, -0.25) is 0 Å². The van der Waals surface area contributed by atoms with Crippen LogP contribution in [0.25, 0.3) is 11.1 Å². The Labute approximate surface area is 293 Å². The van der Waals surface area contributed by atoms with Crippen molar-refractivity contribution < 1.29 is 8.95 Å². The molecule has 0 spiro atoms. The number of benzene rings is 4. The van der Waals surface area contributed by atoms with Crippen molar-refractivity contribution in [3.63, 3.8) is 0 Å². The van der Waals surface area contributed by atoms with Crippen molar-refractivity contribution in [3.05, 3.63) is 120 Å². The molecule has 0 amide bonds. The van der Waals surface area contributed by atoms with Crippen molar-refractivity contribution in [2.24, 2.45) is 0 Å². The first-order valence-corrected chi connectivity index (χ1v) is 20.8. The third-order valence-corrected chi connectivity index (χ3v) is 15.6. The van der Waals surface area contributed by atoms with Crippen molar-refractivity contribution in [1.29, 1.82) is 0 Å². The molecule has 5 heteroatoms. The maximum absolute atomic E-state index is 14.3. The van der Waals surface area contributed by atoms with Crippen molar-refractivity contribution >= 4 is 24.2 Å². The van der Waals surface area contributed by atoms with Crippen LogP contribution in [0.15, 0.2) is 103 Å². The number of ether oxygens (including phenoxy) is 1. The average molecular weight is 680 g/mol. The topological polar surface area (TPSA) is 29.5 Å². The fourth-order valence-corrected chi connectivity index (χ4v) is 13.2. The Morgan fingerprint density at radius 2 is 1.25 bits per heavy atom. The summed E-state index contributed by atoms with van der Waals surface area (Å²) in [5, 5.41) is 1.44. The van der Waals surface area contributed by atoms with Crippen LogP contribution in [-0.4, -0.2) is 31.6 Å². The molecule has 0 aromatic heterocycles. The zero-order valence-corrected chi connectivity index (χ0v) is 31.2. The predicted octanol–water partition coefficient (Wildman–Crippen LogP) is 11.2. The maximum Gasteiger partial charge on any atom is 0.127 e. The Morgan fingerprint density at radius 3 is 1.81 bits per heavy atom. The molecule has 0 saturated heterocycles. The van der Waals surface area contributed by atoms with Crippen LogP contribution in [0.2, 0.25) is 0 Å². The monoisotopic (exact) mass is 679 g/mol. The van der Waals surface area contributed by atoms with Crippen LogP contribution in [0.1, 0.15) is 108 Å². The van der Waals surface area contributed by atoms with Gasteiger partial charge in [-0.25, -0.2) is 8.51 Å². The molecule has 2 saturated carbocycles. The predicted molar refractivity (Wildman–Crippen MR) is 207 cm³/mol. The summed E-state index contributed by atoms with van der Waals surface area (Å²) in [6.45, 7) is 6.82. The maximum atomic E-state index is 14.3. The Balaban J connectivity index is 1.52. The molecule has 2 atom stereocenters. The smallest absolute Gasteiger partial charge is 0.127 e. The number of hydrogen-bond acceptors (Lipinski definition) is 2. The van der Waals surface area contributed by atoms with E-state index in [0.29, 0.717) is 17.9 Å². The molecule has 2 fully saturated rings. The third-order valence-electron chi connectivity index (χ3n) is 10.2. The minimum atomic E-state index is -1.23. The summed E-state index contributed by atoms with van der Waals surface area (Å²) in [5.74, 6) is 1.04. The van der Waals surface area contributed by atoms with Gasteiger partial charge in [0.05, 0.1) is 10.8 Å². The van der Waals surface area contributed by atoms with E-state index in [1.54, 1.807) is 0 Å². The second-order valence-electron chi connectivity index (χ2n) is 14.8. The Morgan fingerprint density at radius 1 is 0.708 bits per heavy atom. The summed E-state index contributed by atoms with van der Waals surface area (Å²) >= 11 is 0. The molecule has 254 valence electrons. The van der Waals surface area contributed by atoms with Crippen molar-refractivity contribution in [3.8, 4) is 16.9 Å². The van der Waals surface area contributed by atoms with E-state index in [1.807, 2.05) is 0 Å². The molecule has 4 aromatic carbocycles. The van der Waals surface area contributed by atoms with Gasteiger partial charge in [-0.05, 0) is 91.7 Å². The summed E-state index contributed by atoms with van der Waals surface area (Å²) < 4.78 is 23.0. The standard InChI is InChI=1S/C43H54NO2PS/c1-43(2,3)48(45)44(4)41(36-30-28-35(29-31-36)34-20-11-6-12-21-34)39-26-17-27-40(46-32-33-18-9-5-10-19-33)42(39)47(37-22-13-7-14-23-37)38-24-15-8-16-25-38/h5-6,9-12,17-21,26-31,37-38,41H,7-8,13-16,22-25,32H2,1-4H3/t41-,48?/m0/s1. The van der Waals surface area contributed by atoms with Gasteiger partial charge >= 0.3 is 0 Å². The van der Waals surface area contributed by atoms with E-state index >= 15 is 0 Å². The highest BCUT2D eigenvalue weighted by molar-refractivity contribution is 7.84. The first-order chi connectivity index (χ1) is 23.3. The van der Waals surface area contributed by atoms with Gasteiger partial charge < -0.3 is 4.74 Å². The lowest BCUT2D eigenvalue weighted by molar-refractivity contribution is 0.308. The Bertz CT molecular complexity index is 1590. The SMILES string of the molecule is CN([C@@H](c1ccc(-c2ccccc2)cc1)c1cccc(OCc2ccccc2)c1P(C1CCCCC1)C1CCCCC1)S(=O)C(C)(C)C. The molecule has 48 heavy (non-hydrogen) atoms. The molecule has 4 aromatic rings. The summed E-state index contributed by atoms with van der Waals surface area (Å²) in [6.07, 6.45) is 13.3. The van der Waals surface area contributed by atoms with Crippen molar-refractivity contribution in [2.45, 2.75) is 114 Å². The summed E-state index contributed by atoms with van der Waals surface area (Å²) in [6, 6.07) is 36.8. The minimum absolute atomic E-state index is 0.165. The van der Waals surface area contributed by atoms with Gasteiger partial charge in [-0.15, -0.1) is 0 Å². The van der Waals surface area contributed by atoms with Gasteiger partial charge in [0, 0.05) is 12.4 Å². The molecule has 6 rings (SSSR count). The fraction of sp³-hybridized carbons (Fsp3) is 0.442. The molecule has 1 unspecified atom stereocenters. The third kappa shape index (κ3) is 8.32. The summed E-state index contributed by atoms with van der Waals surface area (Å²) in [7, 11) is 0.344. The molecule has 0 heterocycles. The molecular formula is C43H54NO2PS. The number of rotatable bonds is 11. The fourth-order valence-electron chi connectivity index (χ4n) is 7.87. The summed E-state index contributed by atoms with van der Waals surface area (Å²) in [4.78, 5) is 0. The highest BCUT2D eigenvalue weighted by Gasteiger charge is 2.39. The second-order valence-corrected chi connectivity index (χ2v) is 19.8. The van der Waals surface area contributed by atoms with E-state index in [2.05, 4.69) is 135 Å². The molecule has 2 aliphatic rings. The van der Waals surface area contributed by atoms with Crippen LogP contribution in [-0.2, 0) is 17.6 Å². The molecule has 2 aliphatic carbocycles. The minimum Gasteiger partial charge on any atom is -0.488 e. The van der Waals surface area contributed by atoms with E-state index < -0.39 is 23.7 Å². The van der Waals surface area contributed by atoms with Gasteiger partial charge in [-0.2, -0.15) is 0 Å². The Kier molecular flexibility index (Phi) is 11.9. The van der Waals surface area contributed by atoms with Gasteiger partial charge in [0.15, 0.2) is 0 Å². The van der Waals surface area contributed by atoms with E-state index in [0.717, 1.165) is 5.75 Å². The van der Waals surface area contributed by atoms with Crippen LogP contribution >= 0.6 is 7.92 Å². The highest BCUT2D eigenvalue weighted by Crippen LogP contribution is 2.58. The average Bonchev–Trinajstić information content (AvgIpc) is 3.13. The van der Waals surface area contributed by atoms with Gasteiger partial charge in [0.1, 0.15) is 23.3 Å². The normalized spacial score (nSPS) is 17.8. The van der Waals surface area contributed by atoms with Crippen LogP contribution < -0.4 is 10.0 Å². The molecule has 0 radical (unpaired) electrons. The van der Waals surface area contributed by atoms with Crippen LogP contribution in [0.4, 0.5) is 0 Å². The first-order valence-electron chi connectivity index (χ1n) is 18.2. The van der Waals surface area contributed by atoms with E-state index in [9.17, 15) is 4.21 Å². The van der Waals surface area contributed by atoms with Gasteiger partial charge in [-0.1, -0.05) is 144 Å². The number of nitrogens with zero attached hydrogens (tertiary/aromatic N) is 1. The van der Waals surface area contributed by atoms with Crippen LogP contribution in [0.3, 0.4) is 0 Å². The van der Waals surface area contributed by atoms with Crippen LogP contribution in [0, 0.1) is 0 Å². The first kappa shape index (κ1) is 35.1. The lowest BCUT2D eigenvalue weighted by Gasteiger charge is -2.42. The lowest BCUT2D eigenvalue weighted by Crippen LogP contribution is -2.40. The largest absolute Gasteiger partial charge is 0.488 e. The van der Waals surface area contributed by atoms with Gasteiger partial charge in [0.2, 0.25) is 0 Å². The van der Waals surface area contributed by atoms with Gasteiger partial charge in [0.25, 0.3) is 0 Å². The van der Waals surface area contributed by atoms with Crippen LogP contribution in [0.5, 0.6) is 5.75 Å². The number of hydrogen-bond donors (Lipinski definition) is 0. The molecular weight excluding hydrogens is 626 g/mol. The zero-order chi connectivity index (χ0) is 33.5. The summed E-state index contributed by atoms with van der Waals surface area (Å²) in [5.41, 5.74) is 7.47.